The Morgan fingerprint density at radius 3 is 3.00 bits per heavy atom. The molecule has 0 radical (unpaired) electrons. The maximum absolute atomic E-state index is 5.57. The van der Waals surface area contributed by atoms with Gasteiger partial charge in [-0.3, -0.25) is 0 Å². The molecule has 0 amide bonds. The summed E-state index contributed by atoms with van der Waals surface area (Å²) < 4.78 is 5.57. The minimum absolute atomic E-state index is 0.518. The lowest BCUT2D eigenvalue weighted by Crippen LogP contribution is -2.45. The largest absolute Gasteiger partial charge is 0.377 e. The maximum Gasteiger partial charge on any atom is 0.0670 e. The van der Waals surface area contributed by atoms with Gasteiger partial charge in [-0.15, -0.1) is 0 Å². The van der Waals surface area contributed by atoms with E-state index in [2.05, 4.69) is 52.9 Å². The lowest BCUT2D eigenvalue weighted by molar-refractivity contribution is 0.0929. The Bertz CT molecular complexity index is 380. The summed E-state index contributed by atoms with van der Waals surface area (Å²) in [6.45, 7) is 7.07. The van der Waals surface area contributed by atoms with Gasteiger partial charge in [0.1, 0.15) is 0 Å². The number of nitrogens with zero attached hydrogens (tertiary/aromatic N) is 1. The van der Waals surface area contributed by atoms with Crippen molar-refractivity contribution in [2.75, 3.05) is 24.7 Å². The van der Waals surface area contributed by atoms with Gasteiger partial charge in [0, 0.05) is 17.6 Å². The fraction of sp³-hybridized carbons (Fsp3) is 0.571. The molecule has 17 heavy (non-hydrogen) atoms. The zero-order chi connectivity index (χ0) is 12.3. The quantitative estimate of drug-likeness (QED) is 0.792. The van der Waals surface area contributed by atoms with Crippen LogP contribution in [-0.2, 0) is 10.1 Å². The third-order valence-corrected chi connectivity index (χ3v) is 3.99. The van der Waals surface area contributed by atoms with E-state index in [0.717, 1.165) is 31.5 Å². The molecule has 0 spiro atoms. The average Bonchev–Trinajstić information content (AvgIpc) is 2.38. The van der Waals surface area contributed by atoms with E-state index in [-0.39, 0.29) is 0 Å². The zero-order valence-electron chi connectivity index (χ0n) is 10.6. The van der Waals surface area contributed by atoms with E-state index in [1.807, 2.05) is 0 Å². The van der Waals surface area contributed by atoms with Gasteiger partial charge in [0.05, 0.1) is 19.3 Å². The predicted molar refractivity (Wildman–Crippen MR) is 76.1 cm³/mol. The van der Waals surface area contributed by atoms with Gasteiger partial charge in [-0.1, -0.05) is 40.5 Å². The van der Waals surface area contributed by atoms with E-state index < -0.39 is 0 Å². The van der Waals surface area contributed by atoms with Gasteiger partial charge in [0.15, 0.2) is 0 Å². The average molecular weight is 298 g/mol. The third kappa shape index (κ3) is 2.83. The second-order valence-corrected chi connectivity index (χ2v) is 5.16. The van der Waals surface area contributed by atoms with Gasteiger partial charge in [-0.2, -0.15) is 0 Å². The highest BCUT2D eigenvalue weighted by molar-refractivity contribution is 9.08. The van der Waals surface area contributed by atoms with Crippen LogP contribution in [0, 0.1) is 6.92 Å². The van der Waals surface area contributed by atoms with Gasteiger partial charge in [-0.25, -0.2) is 0 Å². The molecule has 1 heterocycles. The van der Waals surface area contributed by atoms with Crippen molar-refractivity contribution in [1.29, 1.82) is 0 Å². The lowest BCUT2D eigenvalue weighted by atomic mass is 10.1. The molecule has 1 aromatic rings. The van der Waals surface area contributed by atoms with E-state index in [1.165, 1.54) is 16.8 Å². The fourth-order valence-corrected chi connectivity index (χ4v) is 2.86. The van der Waals surface area contributed by atoms with Crippen molar-refractivity contribution in [2.45, 2.75) is 31.6 Å². The maximum atomic E-state index is 5.57. The van der Waals surface area contributed by atoms with Crippen LogP contribution in [0.25, 0.3) is 0 Å². The smallest absolute Gasteiger partial charge is 0.0670 e. The van der Waals surface area contributed by atoms with Crippen LogP contribution in [0.5, 0.6) is 0 Å². The molecule has 1 aliphatic heterocycles. The van der Waals surface area contributed by atoms with Gasteiger partial charge in [0.25, 0.3) is 0 Å². The van der Waals surface area contributed by atoms with E-state index >= 15 is 0 Å². The van der Waals surface area contributed by atoms with E-state index in [1.54, 1.807) is 0 Å². The van der Waals surface area contributed by atoms with Gasteiger partial charge in [0.2, 0.25) is 0 Å². The molecule has 2 nitrogen and oxygen atoms in total. The summed E-state index contributed by atoms with van der Waals surface area (Å²) in [7, 11) is 0. The Morgan fingerprint density at radius 1 is 1.47 bits per heavy atom. The Balaban J connectivity index is 2.30. The molecule has 1 fully saturated rings. The predicted octanol–water partition coefficient (Wildman–Crippen LogP) is 3.51. The monoisotopic (exact) mass is 297 g/mol. The molecule has 1 aromatic carbocycles. The first-order valence-corrected chi connectivity index (χ1v) is 7.38. The molecule has 1 aliphatic rings. The molecule has 1 saturated heterocycles. The number of benzene rings is 1. The number of hydrogen-bond acceptors (Lipinski definition) is 2. The topological polar surface area (TPSA) is 12.5 Å². The minimum Gasteiger partial charge on any atom is -0.377 e. The number of halogens is 1. The van der Waals surface area contributed by atoms with Crippen LogP contribution in [0.2, 0.25) is 0 Å². The first kappa shape index (κ1) is 12.9. The van der Waals surface area contributed by atoms with Crippen LogP contribution in [0.3, 0.4) is 0 Å². The van der Waals surface area contributed by atoms with Crippen molar-refractivity contribution >= 4 is 21.6 Å². The second kappa shape index (κ2) is 5.87. The molecule has 1 unspecified atom stereocenters. The van der Waals surface area contributed by atoms with Crippen molar-refractivity contribution in [2.24, 2.45) is 0 Å². The Kier molecular flexibility index (Phi) is 4.46. The molecular weight excluding hydrogens is 278 g/mol. The minimum atomic E-state index is 0.518. The molecule has 0 bridgehead atoms. The number of anilines is 1. The number of alkyl halides is 1. The molecular formula is C14H20BrNO. The zero-order valence-corrected chi connectivity index (χ0v) is 12.2. The first-order chi connectivity index (χ1) is 8.26. The van der Waals surface area contributed by atoms with Crippen molar-refractivity contribution in [3.05, 3.63) is 29.3 Å². The van der Waals surface area contributed by atoms with Crippen molar-refractivity contribution in [3.8, 4) is 0 Å². The number of ether oxygens (including phenoxy) is 1. The first-order valence-electron chi connectivity index (χ1n) is 6.26. The fourth-order valence-electron chi connectivity index (χ4n) is 2.41. The lowest BCUT2D eigenvalue weighted by Gasteiger charge is -2.38. The number of rotatable bonds is 3. The van der Waals surface area contributed by atoms with Gasteiger partial charge < -0.3 is 9.64 Å². The Morgan fingerprint density at radius 2 is 2.29 bits per heavy atom. The van der Waals surface area contributed by atoms with Crippen LogP contribution in [-0.4, -0.2) is 25.8 Å². The molecule has 1 atom stereocenters. The van der Waals surface area contributed by atoms with Crippen molar-refractivity contribution in [1.82, 2.24) is 0 Å². The molecule has 0 aromatic heterocycles. The molecule has 2 rings (SSSR count). The van der Waals surface area contributed by atoms with Gasteiger partial charge in [-0.05, 0) is 25.0 Å². The van der Waals surface area contributed by atoms with Gasteiger partial charge >= 0.3 is 0 Å². The normalized spacial score (nSPS) is 20.6. The molecule has 94 valence electrons. The third-order valence-electron chi connectivity index (χ3n) is 3.39. The summed E-state index contributed by atoms with van der Waals surface area (Å²) >= 11 is 3.59. The van der Waals surface area contributed by atoms with Crippen LogP contribution in [0.4, 0.5) is 5.69 Å². The summed E-state index contributed by atoms with van der Waals surface area (Å²) in [5, 5.41) is 0.914. The molecule has 0 saturated carbocycles. The molecule has 0 N–H and O–H groups in total. The van der Waals surface area contributed by atoms with E-state index in [9.17, 15) is 0 Å². The van der Waals surface area contributed by atoms with E-state index in [4.69, 9.17) is 4.74 Å². The van der Waals surface area contributed by atoms with E-state index in [0.29, 0.717) is 6.04 Å². The summed E-state index contributed by atoms with van der Waals surface area (Å²) in [4.78, 5) is 2.50. The highest BCUT2D eigenvalue weighted by Gasteiger charge is 2.23. The standard InChI is InChI=1S/C14H20BrNO/c1-3-13-10-17-7-6-16(13)14-5-4-11(2)8-12(14)9-15/h4-5,8,13H,3,6-7,9-10H2,1-2H3. The molecule has 0 aliphatic carbocycles. The van der Waals surface area contributed by atoms with Crippen molar-refractivity contribution < 1.29 is 4.74 Å². The number of hydrogen-bond donors (Lipinski definition) is 0. The highest BCUT2D eigenvalue weighted by atomic mass is 79.9. The van der Waals surface area contributed by atoms with Crippen LogP contribution >= 0.6 is 15.9 Å². The summed E-state index contributed by atoms with van der Waals surface area (Å²) in [6, 6.07) is 7.24. The van der Waals surface area contributed by atoms with Crippen molar-refractivity contribution in [3.63, 3.8) is 0 Å². The summed E-state index contributed by atoms with van der Waals surface area (Å²) in [5.41, 5.74) is 4.07. The van der Waals surface area contributed by atoms with Crippen LogP contribution < -0.4 is 4.90 Å². The van der Waals surface area contributed by atoms with Crippen LogP contribution in [0.1, 0.15) is 24.5 Å². The summed E-state index contributed by atoms with van der Waals surface area (Å²) in [6.07, 6.45) is 1.13. The molecule has 3 heteroatoms. The SMILES string of the molecule is CCC1COCCN1c1ccc(C)cc1CBr. The highest BCUT2D eigenvalue weighted by Crippen LogP contribution is 2.28. The second-order valence-electron chi connectivity index (χ2n) is 4.60. The number of morpholine rings is 1. The van der Waals surface area contributed by atoms with Crippen LogP contribution in [0.15, 0.2) is 18.2 Å². The number of aryl methyl sites for hydroxylation is 1. The Hall–Kier alpha value is -0.540. The Labute approximate surface area is 112 Å². The summed E-state index contributed by atoms with van der Waals surface area (Å²) in [5.74, 6) is 0.